The molecule has 2 aliphatic rings. The van der Waals surface area contributed by atoms with Crippen molar-refractivity contribution < 1.29 is 4.39 Å². The van der Waals surface area contributed by atoms with Crippen LogP contribution in [0.5, 0.6) is 0 Å². The van der Waals surface area contributed by atoms with E-state index in [-0.39, 0.29) is 5.82 Å². The highest BCUT2D eigenvalue weighted by atomic mass is 19.1. The molecule has 0 aromatic heterocycles. The van der Waals surface area contributed by atoms with Gasteiger partial charge in [0.05, 0.1) is 0 Å². The molecule has 1 heteroatoms. The fraction of sp³-hybridized carbons (Fsp3) is 0.742. The van der Waals surface area contributed by atoms with E-state index in [2.05, 4.69) is 32.1 Å². The van der Waals surface area contributed by atoms with E-state index in [1.54, 1.807) is 5.57 Å². The van der Waals surface area contributed by atoms with E-state index in [4.69, 9.17) is 0 Å². The molecule has 0 amide bonds. The van der Waals surface area contributed by atoms with Crippen LogP contribution in [0.4, 0.5) is 4.39 Å². The molecule has 1 aromatic rings. The van der Waals surface area contributed by atoms with Gasteiger partial charge in [-0.1, -0.05) is 82.6 Å². The van der Waals surface area contributed by atoms with Crippen LogP contribution in [0.3, 0.4) is 0 Å². The zero-order chi connectivity index (χ0) is 22.7. The van der Waals surface area contributed by atoms with E-state index in [1.165, 1.54) is 108 Å². The van der Waals surface area contributed by atoms with Crippen LogP contribution < -0.4 is 0 Å². The maximum atomic E-state index is 15.1. The van der Waals surface area contributed by atoms with E-state index < -0.39 is 0 Å². The Kier molecular flexibility index (Phi) is 10.8. The molecule has 3 rings (SSSR count). The van der Waals surface area contributed by atoms with E-state index in [0.717, 1.165) is 24.8 Å². The van der Waals surface area contributed by atoms with Crippen LogP contribution in [0.2, 0.25) is 0 Å². The van der Waals surface area contributed by atoms with E-state index in [0.29, 0.717) is 11.3 Å². The van der Waals surface area contributed by atoms with Crippen LogP contribution in [0.15, 0.2) is 29.8 Å². The van der Waals surface area contributed by atoms with Gasteiger partial charge in [-0.05, 0) is 106 Å². The van der Waals surface area contributed by atoms with Gasteiger partial charge in [-0.2, -0.15) is 0 Å². The monoisotopic (exact) mass is 440 g/mol. The van der Waals surface area contributed by atoms with Gasteiger partial charge in [-0.3, -0.25) is 0 Å². The minimum Gasteiger partial charge on any atom is -0.207 e. The Balaban J connectivity index is 1.71. The van der Waals surface area contributed by atoms with Crippen molar-refractivity contribution in [1.82, 2.24) is 0 Å². The summed E-state index contributed by atoms with van der Waals surface area (Å²) in [5.74, 6) is 0.529. The van der Waals surface area contributed by atoms with E-state index >= 15 is 4.39 Å². The molecule has 0 nitrogen and oxygen atoms in total. The quantitative estimate of drug-likeness (QED) is 0.211. The minimum atomic E-state index is 0.0440. The molecule has 1 atom stereocenters. The van der Waals surface area contributed by atoms with Crippen LogP contribution in [-0.4, -0.2) is 0 Å². The van der Waals surface area contributed by atoms with Crippen LogP contribution in [0.1, 0.15) is 146 Å². The molecule has 0 N–H and O–H groups in total. The smallest absolute Gasteiger partial charge is 0.126 e. The molecule has 0 aliphatic heterocycles. The standard InChI is InChI=1S/C31H49F/c1-3-5-6-11-16-27-17-18-28(25-30(27)32)29(24-26-14-9-7-10-15-26)19-23-31(20-4-2)21-12-8-13-22-31/h14,17-18,25,29H,3-13,15-16,19-24H2,1-2H3. The number of aryl methyl sites for hydroxylation is 1. The summed E-state index contributed by atoms with van der Waals surface area (Å²) in [6.07, 6.45) is 26.9. The van der Waals surface area contributed by atoms with Crippen molar-refractivity contribution >= 4 is 0 Å². The van der Waals surface area contributed by atoms with Crippen molar-refractivity contribution in [2.45, 2.75) is 142 Å². The number of halogens is 1. The average Bonchev–Trinajstić information content (AvgIpc) is 2.82. The fourth-order valence-corrected chi connectivity index (χ4v) is 6.49. The summed E-state index contributed by atoms with van der Waals surface area (Å²) in [6, 6.07) is 6.30. The predicted octanol–water partition coefficient (Wildman–Crippen LogP) is 10.5. The SMILES string of the molecule is CCCCCCc1ccc(C(CCC2(CCC)CCCCC2)CC2=CCCCC2)cc1F. The molecule has 180 valence electrons. The van der Waals surface area contributed by atoms with Crippen LogP contribution in [0, 0.1) is 11.2 Å². The number of hydrogen-bond donors (Lipinski definition) is 0. The van der Waals surface area contributed by atoms with Crippen molar-refractivity contribution in [3.05, 3.63) is 46.8 Å². The van der Waals surface area contributed by atoms with Crippen molar-refractivity contribution in [2.24, 2.45) is 5.41 Å². The fourth-order valence-electron chi connectivity index (χ4n) is 6.49. The Morgan fingerprint density at radius 2 is 1.75 bits per heavy atom. The van der Waals surface area contributed by atoms with Gasteiger partial charge < -0.3 is 0 Å². The second-order valence-corrected chi connectivity index (χ2v) is 11.0. The molecule has 0 bridgehead atoms. The molecular formula is C31H49F. The number of benzene rings is 1. The van der Waals surface area contributed by atoms with Crippen LogP contribution >= 0.6 is 0 Å². The molecule has 0 saturated heterocycles. The average molecular weight is 441 g/mol. The van der Waals surface area contributed by atoms with Crippen molar-refractivity contribution in [3.8, 4) is 0 Å². The topological polar surface area (TPSA) is 0 Å². The van der Waals surface area contributed by atoms with Crippen molar-refractivity contribution in [3.63, 3.8) is 0 Å². The lowest BCUT2D eigenvalue weighted by Gasteiger charge is -2.39. The lowest BCUT2D eigenvalue weighted by molar-refractivity contribution is 0.147. The molecule has 0 spiro atoms. The highest BCUT2D eigenvalue weighted by Crippen LogP contribution is 2.46. The van der Waals surface area contributed by atoms with Gasteiger partial charge in [-0.25, -0.2) is 4.39 Å². The highest BCUT2D eigenvalue weighted by Gasteiger charge is 2.32. The zero-order valence-corrected chi connectivity index (χ0v) is 21.2. The Hall–Kier alpha value is -1.11. The second kappa shape index (κ2) is 13.6. The molecule has 1 fully saturated rings. The first-order chi connectivity index (χ1) is 15.7. The molecule has 1 saturated carbocycles. The molecule has 1 aromatic carbocycles. The summed E-state index contributed by atoms with van der Waals surface area (Å²) in [4.78, 5) is 0. The summed E-state index contributed by atoms with van der Waals surface area (Å²) >= 11 is 0. The van der Waals surface area contributed by atoms with Crippen LogP contribution in [0.25, 0.3) is 0 Å². The molecule has 0 radical (unpaired) electrons. The number of hydrogen-bond acceptors (Lipinski definition) is 0. The molecule has 0 heterocycles. The van der Waals surface area contributed by atoms with Crippen molar-refractivity contribution in [1.29, 1.82) is 0 Å². The van der Waals surface area contributed by atoms with Gasteiger partial charge in [0.1, 0.15) is 5.82 Å². The number of unbranched alkanes of at least 4 members (excludes halogenated alkanes) is 3. The third kappa shape index (κ3) is 7.74. The van der Waals surface area contributed by atoms with Gasteiger partial charge >= 0.3 is 0 Å². The molecular weight excluding hydrogens is 391 g/mol. The molecule has 32 heavy (non-hydrogen) atoms. The van der Waals surface area contributed by atoms with Gasteiger partial charge in [0, 0.05) is 0 Å². The van der Waals surface area contributed by atoms with Crippen molar-refractivity contribution in [2.75, 3.05) is 0 Å². The van der Waals surface area contributed by atoms with Gasteiger partial charge in [-0.15, -0.1) is 0 Å². The first-order valence-corrected chi connectivity index (χ1v) is 14.1. The van der Waals surface area contributed by atoms with Gasteiger partial charge in [0.15, 0.2) is 0 Å². The zero-order valence-electron chi connectivity index (χ0n) is 21.2. The first kappa shape index (κ1) is 25.5. The third-order valence-electron chi connectivity index (χ3n) is 8.46. The lowest BCUT2D eigenvalue weighted by Crippen LogP contribution is -2.25. The molecule has 2 aliphatic carbocycles. The second-order valence-electron chi connectivity index (χ2n) is 11.0. The number of rotatable bonds is 13. The van der Waals surface area contributed by atoms with Gasteiger partial charge in [0.2, 0.25) is 0 Å². The minimum absolute atomic E-state index is 0.0440. The molecule has 1 unspecified atom stereocenters. The summed E-state index contributed by atoms with van der Waals surface area (Å²) in [7, 11) is 0. The Bertz CT molecular complexity index is 689. The summed E-state index contributed by atoms with van der Waals surface area (Å²) in [5, 5.41) is 0. The van der Waals surface area contributed by atoms with Gasteiger partial charge in [0.25, 0.3) is 0 Å². The van der Waals surface area contributed by atoms with Crippen LogP contribution in [-0.2, 0) is 6.42 Å². The van der Waals surface area contributed by atoms with E-state index in [9.17, 15) is 0 Å². The first-order valence-electron chi connectivity index (χ1n) is 14.1. The summed E-state index contributed by atoms with van der Waals surface area (Å²) in [5.41, 5.74) is 4.38. The Morgan fingerprint density at radius 1 is 0.906 bits per heavy atom. The largest absolute Gasteiger partial charge is 0.207 e. The maximum absolute atomic E-state index is 15.1. The summed E-state index contributed by atoms with van der Waals surface area (Å²) < 4.78 is 15.1. The maximum Gasteiger partial charge on any atom is 0.126 e. The Labute approximate surface area is 198 Å². The normalized spacial score (nSPS) is 19.5. The third-order valence-corrected chi connectivity index (χ3v) is 8.46. The lowest BCUT2D eigenvalue weighted by atomic mass is 9.67. The summed E-state index contributed by atoms with van der Waals surface area (Å²) in [6.45, 7) is 4.59. The predicted molar refractivity (Wildman–Crippen MR) is 138 cm³/mol. The number of allylic oxidation sites excluding steroid dienone is 2. The van der Waals surface area contributed by atoms with E-state index in [1.807, 2.05) is 6.07 Å². The highest BCUT2D eigenvalue weighted by molar-refractivity contribution is 5.29. The Morgan fingerprint density at radius 3 is 2.44 bits per heavy atom.